The van der Waals surface area contributed by atoms with Crippen molar-refractivity contribution in [2.75, 3.05) is 4.90 Å². The van der Waals surface area contributed by atoms with E-state index in [1.165, 1.54) is 71.4 Å². The lowest BCUT2D eigenvalue weighted by molar-refractivity contribution is 1.14. The van der Waals surface area contributed by atoms with Crippen molar-refractivity contribution in [1.82, 2.24) is 9.13 Å². The number of hydrogen-bond donors (Lipinski definition) is 0. The van der Waals surface area contributed by atoms with Gasteiger partial charge in [0.25, 0.3) is 0 Å². The van der Waals surface area contributed by atoms with E-state index in [0.717, 1.165) is 28.4 Å². The average molecular weight is 694 g/mol. The van der Waals surface area contributed by atoms with Crippen LogP contribution in [0.15, 0.2) is 182 Å². The Morgan fingerprint density at radius 1 is 0.352 bits per heavy atom. The molecular formula is C51H39N3. The number of hydrogen-bond acceptors (Lipinski definition) is 1. The molecule has 0 atom stereocenters. The number of fused-ring (bicyclic) bond motifs is 6. The molecule has 0 N–H and O–H groups in total. The molecular weight excluding hydrogens is 655 g/mol. The smallest absolute Gasteiger partial charge is 0.0547 e. The Bertz CT molecular complexity index is 2900. The normalized spacial score (nSPS) is 11.6. The topological polar surface area (TPSA) is 13.1 Å². The predicted molar refractivity (Wildman–Crippen MR) is 229 cm³/mol. The summed E-state index contributed by atoms with van der Waals surface area (Å²) in [7, 11) is 0. The molecule has 0 aliphatic carbocycles. The standard InChI is InChI=1S/C51H39N3/c1-34-16-21-38(22-17-34)52(39-23-18-35(2)19-24-39)42-29-31-43(36(3)32-42)37-20-30-47-46-12-6-9-15-50(46)54(51(47)33-37)41-27-25-40(26-28-41)53-48-13-7-4-10-44(48)45-11-5-8-14-49(45)53/h4-33H,1-3H3. The Morgan fingerprint density at radius 2 is 0.778 bits per heavy atom. The van der Waals surface area contributed by atoms with Gasteiger partial charge in [-0.15, -0.1) is 0 Å². The molecule has 0 saturated heterocycles. The molecule has 0 bridgehead atoms. The number of aryl methyl sites for hydroxylation is 3. The summed E-state index contributed by atoms with van der Waals surface area (Å²) in [5.41, 5.74) is 16.7. The molecule has 8 aromatic carbocycles. The third kappa shape index (κ3) is 5.20. The molecule has 10 rings (SSSR count). The molecule has 3 heteroatoms. The average Bonchev–Trinajstić information content (AvgIpc) is 3.72. The van der Waals surface area contributed by atoms with Crippen molar-refractivity contribution < 1.29 is 0 Å². The Labute approximate surface area is 315 Å². The predicted octanol–water partition coefficient (Wildman–Crippen LogP) is 13.9. The van der Waals surface area contributed by atoms with Crippen LogP contribution >= 0.6 is 0 Å². The minimum absolute atomic E-state index is 1.14. The highest BCUT2D eigenvalue weighted by Gasteiger charge is 2.18. The van der Waals surface area contributed by atoms with Crippen molar-refractivity contribution in [2.24, 2.45) is 0 Å². The molecule has 10 aromatic rings. The van der Waals surface area contributed by atoms with Gasteiger partial charge in [-0.3, -0.25) is 0 Å². The van der Waals surface area contributed by atoms with Crippen LogP contribution < -0.4 is 4.90 Å². The van der Waals surface area contributed by atoms with Crippen LogP contribution in [0.4, 0.5) is 17.1 Å². The second-order valence-corrected chi connectivity index (χ2v) is 14.5. The highest BCUT2D eigenvalue weighted by molar-refractivity contribution is 6.11. The van der Waals surface area contributed by atoms with Crippen LogP contribution in [-0.2, 0) is 0 Å². The molecule has 0 aliphatic rings. The zero-order chi connectivity index (χ0) is 36.3. The van der Waals surface area contributed by atoms with E-state index < -0.39 is 0 Å². The summed E-state index contributed by atoms with van der Waals surface area (Å²) >= 11 is 0. The molecule has 2 heterocycles. The zero-order valence-electron chi connectivity index (χ0n) is 30.7. The van der Waals surface area contributed by atoms with Crippen molar-refractivity contribution in [1.29, 1.82) is 0 Å². The molecule has 0 aliphatic heterocycles. The lowest BCUT2D eigenvalue weighted by atomic mass is 9.98. The Hall–Kier alpha value is -6.84. The van der Waals surface area contributed by atoms with Crippen molar-refractivity contribution in [3.8, 4) is 22.5 Å². The van der Waals surface area contributed by atoms with Crippen LogP contribution in [0.3, 0.4) is 0 Å². The third-order valence-corrected chi connectivity index (χ3v) is 11.0. The van der Waals surface area contributed by atoms with Gasteiger partial charge in [-0.2, -0.15) is 0 Å². The van der Waals surface area contributed by atoms with Gasteiger partial charge in [0.1, 0.15) is 0 Å². The van der Waals surface area contributed by atoms with Crippen molar-refractivity contribution >= 4 is 60.7 Å². The van der Waals surface area contributed by atoms with Crippen LogP contribution in [0.1, 0.15) is 16.7 Å². The van der Waals surface area contributed by atoms with Crippen molar-refractivity contribution in [2.45, 2.75) is 20.8 Å². The van der Waals surface area contributed by atoms with Gasteiger partial charge in [0.15, 0.2) is 0 Å². The quantitative estimate of drug-likeness (QED) is 0.169. The van der Waals surface area contributed by atoms with E-state index in [0.29, 0.717) is 0 Å². The molecule has 0 fully saturated rings. The highest BCUT2D eigenvalue weighted by Crippen LogP contribution is 2.40. The Morgan fingerprint density at radius 3 is 1.26 bits per heavy atom. The van der Waals surface area contributed by atoms with Gasteiger partial charge in [0.2, 0.25) is 0 Å². The summed E-state index contributed by atoms with van der Waals surface area (Å²) in [6, 6.07) is 66.6. The van der Waals surface area contributed by atoms with Gasteiger partial charge in [0, 0.05) is 50.0 Å². The van der Waals surface area contributed by atoms with Gasteiger partial charge in [-0.1, -0.05) is 108 Å². The molecule has 2 aromatic heterocycles. The molecule has 0 spiro atoms. The van der Waals surface area contributed by atoms with E-state index in [4.69, 9.17) is 0 Å². The van der Waals surface area contributed by atoms with E-state index in [-0.39, 0.29) is 0 Å². The molecule has 54 heavy (non-hydrogen) atoms. The lowest BCUT2D eigenvalue weighted by Gasteiger charge is -2.26. The second-order valence-electron chi connectivity index (χ2n) is 14.5. The van der Waals surface area contributed by atoms with Gasteiger partial charge in [-0.25, -0.2) is 0 Å². The lowest BCUT2D eigenvalue weighted by Crippen LogP contribution is -2.10. The Balaban J connectivity index is 1.08. The van der Waals surface area contributed by atoms with Crippen LogP contribution in [0.2, 0.25) is 0 Å². The number of anilines is 3. The highest BCUT2D eigenvalue weighted by atomic mass is 15.1. The molecule has 0 radical (unpaired) electrons. The minimum atomic E-state index is 1.14. The fraction of sp³-hybridized carbons (Fsp3) is 0.0588. The number of para-hydroxylation sites is 3. The van der Waals surface area contributed by atoms with E-state index in [1.807, 2.05) is 0 Å². The van der Waals surface area contributed by atoms with Crippen LogP contribution in [0.5, 0.6) is 0 Å². The molecule has 0 amide bonds. The molecule has 3 nitrogen and oxygen atoms in total. The van der Waals surface area contributed by atoms with Gasteiger partial charge in [0.05, 0.1) is 22.1 Å². The largest absolute Gasteiger partial charge is 0.310 e. The second kappa shape index (κ2) is 12.7. The summed E-state index contributed by atoms with van der Waals surface area (Å²) < 4.78 is 4.80. The maximum Gasteiger partial charge on any atom is 0.0547 e. The first-order valence-corrected chi connectivity index (χ1v) is 18.7. The summed E-state index contributed by atoms with van der Waals surface area (Å²) in [4.78, 5) is 2.35. The zero-order valence-corrected chi connectivity index (χ0v) is 30.7. The first kappa shape index (κ1) is 31.9. The third-order valence-electron chi connectivity index (χ3n) is 11.0. The van der Waals surface area contributed by atoms with Crippen LogP contribution in [0, 0.1) is 20.8 Å². The summed E-state index contributed by atoms with van der Waals surface area (Å²) in [5.74, 6) is 0. The maximum absolute atomic E-state index is 2.42. The fourth-order valence-corrected chi connectivity index (χ4v) is 8.31. The first-order valence-electron chi connectivity index (χ1n) is 18.7. The van der Waals surface area contributed by atoms with Crippen LogP contribution in [-0.4, -0.2) is 9.13 Å². The molecule has 0 unspecified atom stereocenters. The van der Waals surface area contributed by atoms with Gasteiger partial charge >= 0.3 is 0 Å². The van der Waals surface area contributed by atoms with Gasteiger partial charge < -0.3 is 14.0 Å². The van der Waals surface area contributed by atoms with Crippen LogP contribution in [0.25, 0.3) is 66.1 Å². The van der Waals surface area contributed by atoms with Crippen molar-refractivity contribution in [3.63, 3.8) is 0 Å². The minimum Gasteiger partial charge on any atom is -0.310 e. The summed E-state index contributed by atoms with van der Waals surface area (Å²) in [6.07, 6.45) is 0. The van der Waals surface area contributed by atoms with E-state index in [2.05, 4.69) is 217 Å². The van der Waals surface area contributed by atoms with E-state index in [1.54, 1.807) is 0 Å². The molecule has 0 saturated carbocycles. The van der Waals surface area contributed by atoms with Crippen molar-refractivity contribution in [3.05, 3.63) is 199 Å². The first-order chi connectivity index (χ1) is 26.5. The number of rotatable bonds is 6. The van der Waals surface area contributed by atoms with E-state index in [9.17, 15) is 0 Å². The number of benzene rings is 8. The molecule has 258 valence electrons. The SMILES string of the molecule is Cc1ccc(N(c2ccc(C)cc2)c2ccc(-c3ccc4c5ccccc5n(-c5ccc(-n6c7ccccc7c7ccccc76)cc5)c4c3)c(C)c2)cc1. The summed E-state index contributed by atoms with van der Waals surface area (Å²) in [6.45, 7) is 6.50. The summed E-state index contributed by atoms with van der Waals surface area (Å²) in [5, 5.41) is 5.05. The number of aromatic nitrogens is 2. The monoisotopic (exact) mass is 693 g/mol. The number of nitrogens with zero attached hydrogens (tertiary/aromatic N) is 3. The van der Waals surface area contributed by atoms with E-state index >= 15 is 0 Å². The maximum atomic E-state index is 2.42. The Kier molecular flexibility index (Phi) is 7.48. The fourth-order valence-electron chi connectivity index (χ4n) is 8.31. The van der Waals surface area contributed by atoms with Gasteiger partial charge in [-0.05, 0) is 122 Å².